The van der Waals surface area contributed by atoms with Crippen LogP contribution >= 0.6 is 15.9 Å². The lowest BCUT2D eigenvalue weighted by Gasteiger charge is -1.96. The van der Waals surface area contributed by atoms with Gasteiger partial charge in [0.15, 0.2) is 0 Å². The normalized spacial score (nSPS) is 10.2. The van der Waals surface area contributed by atoms with Gasteiger partial charge in [-0.2, -0.15) is 5.10 Å². The van der Waals surface area contributed by atoms with Crippen LogP contribution in [0.1, 0.15) is 11.3 Å². The minimum Gasteiger partial charge on any atom is -0.285 e. The van der Waals surface area contributed by atoms with Crippen molar-refractivity contribution in [2.45, 2.75) is 0 Å². The van der Waals surface area contributed by atoms with Crippen LogP contribution in [0.5, 0.6) is 0 Å². The smallest absolute Gasteiger partial charge is 0.0706 e. The molecular weight excluding hydrogens is 228 g/mol. The molecule has 2 rings (SSSR count). The van der Waals surface area contributed by atoms with Gasteiger partial charge >= 0.3 is 0 Å². The molecule has 1 N–H and O–H groups in total. The first-order valence-corrected chi connectivity index (χ1v) is 4.74. The number of H-pyrrole nitrogens is 1. The third kappa shape index (κ3) is 2.18. The summed E-state index contributed by atoms with van der Waals surface area (Å²) in [7, 11) is 0. The summed E-state index contributed by atoms with van der Waals surface area (Å²) in [4.78, 5) is 0. The summed E-state index contributed by atoms with van der Waals surface area (Å²) in [6, 6.07) is 10.0. The number of halogens is 1. The monoisotopic (exact) mass is 235 g/mol. The van der Waals surface area contributed by atoms with Crippen LogP contribution in [-0.4, -0.2) is 10.2 Å². The first-order valence-electron chi connectivity index (χ1n) is 3.95. The Balaban J connectivity index is 2.15. The van der Waals surface area contributed by atoms with E-state index in [0.29, 0.717) is 0 Å². The molecule has 1 aromatic heterocycles. The molecule has 0 unspecified atom stereocenters. The second kappa shape index (κ2) is 3.75. The van der Waals surface area contributed by atoms with Gasteiger partial charge < -0.3 is 0 Å². The van der Waals surface area contributed by atoms with Gasteiger partial charge in [0, 0.05) is 17.1 Å². The van der Waals surface area contributed by atoms with Crippen LogP contribution in [-0.2, 0) is 0 Å². The standard InChI is InChI=1S/C10H8BrN2/c11-9-3-1-8(2-4-9)7-10-5-6-12-13-10/h1-7H,(H,12,13). The average Bonchev–Trinajstić information content (AvgIpc) is 2.62. The van der Waals surface area contributed by atoms with Gasteiger partial charge in [-0.05, 0) is 23.8 Å². The number of hydrogen-bond acceptors (Lipinski definition) is 1. The van der Waals surface area contributed by atoms with Gasteiger partial charge in [-0.1, -0.05) is 28.1 Å². The molecule has 0 aliphatic carbocycles. The van der Waals surface area contributed by atoms with E-state index in [9.17, 15) is 0 Å². The molecule has 1 radical (unpaired) electrons. The zero-order valence-electron chi connectivity index (χ0n) is 6.87. The molecule has 2 aromatic rings. The molecule has 0 aliphatic heterocycles. The minimum atomic E-state index is 0.947. The number of nitrogens with one attached hydrogen (secondary N) is 1. The molecule has 0 spiro atoms. The maximum absolute atomic E-state index is 4.04. The van der Waals surface area contributed by atoms with Crippen LogP contribution in [0.15, 0.2) is 41.0 Å². The first kappa shape index (κ1) is 8.51. The lowest BCUT2D eigenvalue weighted by Crippen LogP contribution is -1.84. The highest BCUT2D eigenvalue weighted by atomic mass is 79.9. The number of aromatic amines is 1. The van der Waals surface area contributed by atoms with Crippen molar-refractivity contribution in [3.63, 3.8) is 0 Å². The topological polar surface area (TPSA) is 28.7 Å². The highest BCUT2D eigenvalue weighted by Gasteiger charge is 1.97. The maximum Gasteiger partial charge on any atom is 0.0706 e. The Kier molecular flexibility index (Phi) is 2.45. The van der Waals surface area contributed by atoms with E-state index in [1.54, 1.807) is 0 Å². The Morgan fingerprint density at radius 2 is 1.92 bits per heavy atom. The van der Waals surface area contributed by atoms with Gasteiger partial charge in [0.2, 0.25) is 0 Å². The van der Waals surface area contributed by atoms with Crippen LogP contribution < -0.4 is 0 Å². The SMILES string of the molecule is Brc1ccc([CH]c2cc[nH]n2)cc1. The number of hydrogen-bond donors (Lipinski definition) is 1. The molecule has 0 aliphatic rings. The van der Waals surface area contributed by atoms with E-state index in [-0.39, 0.29) is 0 Å². The molecule has 0 bridgehead atoms. The van der Waals surface area contributed by atoms with E-state index in [2.05, 4.69) is 26.1 Å². The highest BCUT2D eigenvalue weighted by Crippen LogP contribution is 2.13. The summed E-state index contributed by atoms with van der Waals surface area (Å²) in [5, 5.41) is 6.81. The molecule has 0 fully saturated rings. The van der Waals surface area contributed by atoms with Crippen molar-refractivity contribution < 1.29 is 0 Å². The van der Waals surface area contributed by atoms with Gasteiger partial charge in [0.05, 0.1) is 5.69 Å². The summed E-state index contributed by atoms with van der Waals surface area (Å²) in [6.07, 6.45) is 3.83. The Labute approximate surface area is 85.1 Å². The molecule has 1 aromatic carbocycles. The van der Waals surface area contributed by atoms with E-state index in [1.165, 1.54) is 0 Å². The summed E-state index contributed by atoms with van der Waals surface area (Å²) >= 11 is 3.39. The summed E-state index contributed by atoms with van der Waals surface area (Å²) < 4.78 is 1.09. The van der Waals surface area contributed by atoms with Crippen molar-refractivity contribution in [2.75, 3.05) is 0 Å². The Hall–Kier alpha value is -1.09. The fraction of sp³-hybridized carbons (Fsp3) is 0. The molecule has 0 atom stereocenters. The Morgan fingerprint density at radius 3 is 2.54 bits per heavy atom. The molecule has 1 heterocycles. The molecule has 0 saturated carbocycles. The van der Waals surface area contributed by atoms with E-state index in [0.717, 1.165) is 15.7 Å². The van der Waals surface area contributed by atoms with Gasteiger partial charge in [-0.25, -0.2) is 0 Å². The Bertz CT molecular complexity index is 364. The van der Waals surface area contributed by atoms with Gasteiger partial charge in [0.25, 0.3) is 0 Å². The molecule has 0 amide bonds. The quantitative estimate of drug-likeness (QED) is 0.853. The van der Waals surface area contributed by atoms with Crippen LogP contribution in [0, 0.1) is 6.42 Å². The van der Waals surface area contributed by atoms with E-state index in [4.69, 9.17) is 0 Å². The number of rotatable bonds is 2. The van der Waals surface area contributed by atoms with Crippen molar-refractivity contribution >= 4 is 15.9 Å². The second-order valence-corrected chi connectivity index (χ2v) is 3.61. The maximum atomic E-state index is 4.04. The molecule has 0 saturated heterocycles. The predicted octanol–water partition coefficient (Wildman–Crippen LogP) is 2.77. The highest BCUT2D eigenvalue weighted by molar-refractivity contribution is 9.10. The first-order chi connectivity index (χ1) is 6.34. The molecule has 65 valence electrons. The summed E-state index contributed by atoms with van der Waals surface area (Å²) in [6.45, 7) is 0. The van der Waals surface area contributed by atoms with Gasteiger partial charge in [-0.15, -0.1) is 0 Å². The number of nitrogens with zero attached hydrogens (tertiary/aromatic N) is 1. The Morgan fingerprint density at radius 1 is 1.15 bits per heavy atom. The van der Waals surface area contributed by atoms with Crippen molar-refractivity contribution in [3.8, 4) is 0 Å². The van der Waals surface area contributed by atoms with Gasteiger partial charge in [0.1, 0.15) is 0 Å². The van der Waals surface area contributed by atoms with Crippen molar-refractivity contribution in [3.05, 3.63) is 58.7 Å². The van der Waals surface area contributed by atoms with Crippen LogP contribution in [0.4, 0.5) is 0 Å². The van der Waals surface area contributed by atoms with Crippen molar-refractivity contribution in [2.24, 2.45) is 0 Å². The van der Waals surface area contributed by atoms with Gasteiger partial charge in [-0.3, -0.25) is 5.10 Å². The van der Waals surface area contributed by atoms with Crippen LogP contribution in [0.25, 0.3) is 0 Å². The van der Waals surface area contributed by atoms with Crippen molar-refractivity contribution in [1.29, 1.82) is 0 Å². The van der Waals surface area contributed by atoms with Crippen LogP contribution in [0.3, 0.4) is 0 Å². The lowest BCUT2D eigenvalue weighted by molar-refractivity contribution is 1.06. The fourth-order valence-electron chi connectivity index (χ4n) is 1.08. The predicted molar refractivity (Wildman–Crippen MR) is 55.2 cm³/mol. The third-order valence-corrected chi connectivity index (χ3v) is 2.24. The van der Waals surface area contributed by atoms with Crippen LogP contribution in [0.2, 0.25) is 0 Å². The number of aromatic nitrogens is 2. The zero-order chi connectivity index (χ0) is 9.10. The van der Waals surface area contributed by atoms with E-state index in [1.807, 2.05) is 42.9 Å². The number of benzene rings is 1. The lowest BCUT2D eigenvalue weighted by atomic mass is 10.1. The largest absolute Gasteiger partial charge is 0.285 e. The zero-order valence-corrected chi connectivity index (χ0v) is 8.45. The molecule has 2 nitrogen and oxygen atoms in total. The minimum absolute atomic E-state index is 0.947. The fourth-order valence-corrected chi connectivity index (χ4v) is 1.35. The van der Waals surface area contributed by atoms with E-state index >= 15 is 0 Å². The molecule has 13 heavy (non-hydrogen) atoms. The van der Waals surface area contributed by atoms with E-state index < -0.39 is 0 Å². The summed E-state index contributed by atoms with van der Waals surface area (Å²) in [5.74, 6) is 0. The molecule has 3 heteroatoms. The third-order valence-electron chi connectivity index (χ3n) is 1.71. The average molecular weight is 236 g/mol. The molecular formula is C10H8BrN2. The van der Waals surface area contributed by atoms with Crippen molar-refractivity contribution in [1.82, 2.24) is 10.2 Å². The second-order valence-electron chi connectivity index (χ2n) is 2.69. The summed E-state index contributed by atoms with van der Waals surface area (Å²) in [5.41, 5.74) is 2.10.